The molecule has 0 spiro atoms. The second-order valence-electron chi connectivity index (χ2n) is 3.54. The molecule has 0 nitrogen and oxygen atoms in total. The van der Waals surface area contributed by atoms with Crippen molar-refractivity contribution in [3.63, 3.8) is 0 Å². The first-order valence-corrected chi connectivity index (χ1v) is 10.1. The zero-order valence-corrected chi connectivity index (χ0v) is 10.3. The standard InChI is InChI=1S/C10H14IP/c11-12(8-4-5-9-12)10-6-2-1-3-7-10/h1-3,6-7,12H,4-5,8-9H2. The van der Waals surface area contributed by atoms with Crippen molar-refractivity contribution in [2.24, 2.45) is 0 Å². The van der Waals surface area contributed by atoms with Gasteiger partial charge in [0.05, 0.1) is 0 Å². The molecule has 0 aliphatic carbocycles. The Kier molecular flexibility index (Phi) is 2.71. The number of hydrogen-bond acceptors (Lipinski definition) is 0. The van der Waals surface area contributed by atoms with Crippen LogP contribution in [0.25, 0.3) is 0 Å². The molecular formula is C10H14IP. The van der Waals surface area contributed by atoms with E-state index in [1.807, 2.05) is 0 Å². The first-order valence-electron chi connectivity index (χ1n) is 4.56. The van der Waals surface area contributed by atoms with Crippen molar-refractivity contribution in [2.75, 3.05) is 12.3 Å². The van der Waals surface area contributed by atoms with Crippen molar-refractivity contribution >= 4 is 32.3 Å². The van der Waals surface area contributed by atoms with Crippen LogP contribution in [0.4, 0.5) is 0 Å². The van der Waals surface area contributed by atoms with Crippen molar-refractivity contribution in [3.05, 3.63) is 30.3 Å². The third-order valence-corrected chi connectivity index (χ3v) is 11.5. The molecule has 12 heavy (non-hydrogen) atoms. The molecule has 0 radical (unpaired) electrons. The van der Waals surface area contributed by atoms with Crippen molar-refractivity contribution in [3.8, 4) is 0 Å². The van der Waals surface area contributed by atoms with Gasteiger partial charge in [-0.2, -0.15) is 0 Å². The Balaban J connectivity index is 2.29. The van der Waals surface area contributed by atoms with E-state index in [0.717, 1.165) is 0 Å². The van der Waals surface area contributed by atoms with Crippen LogP contribution in [0, 0.1) is 0 Å². The summed E-state index contributed by atoms with van der Waals surface area (Å²) in [5.74, 6) is 0. The Morgan fingerprint density at radius 3 is 2.17 bits per heavy atom. The number of halogens is 1. The molecule has 1 saturated heterocycles. The molecular weight excluding hydrogens is 278 g/mol. The molecule has 0 atom stereocenters. The summed E-state index contributed by atoms with van der Waals surface area (Å²) in [6.45, 7) is 0. The first-order chi connectivity index (χ1) is 5.81. The van der Waals surface area contributed by atoms with Crippen LogP contribution in [0.2, 0.25) is 0 Å². The zero-order valence-electron chi connectivity index (χ0n) is 7.09. The third kappa shape index (κ3) is 1.67. The fourth-order valence-electron chi connectivity index (χ4n) is 1.96. The van der Waals surface area contributed by atoms with Crippen LogP contribution < -0.4 is 5.30 Å². The molecule has 2 rings (SSSR count). The van der Waals surface area contributed by atoms with Gasteiger partial charge in [-0.3, -0.25) is 0 Å². The van der Waals surface area contributed by atoms with E-state index in [4.69, 9.17) is 0 Å². The van der Waals surface area contributed by atoms with Gasteiger partial charge in [-0.25, -0.2) is 0 Å². The van der Waals surface area contributed by atoms with E-state index in [1.165, 1.54) is 25.2 Å². The van der Waals surface area contributed by atoms with Gasteiger partial charge in [-0.1, -0.05) is 0 Å². The van der Waals surface area contributed by atoms with E-state index in [9.17, 15) is 0 Å². The van der Waals surface area contributed by atoms with Crippen molar-refractivity contribution in [1.29, 1.82) is 0 Å². The van der Waals surface area contributed by atoms with Gasteiger partial charge in [-0.15, -0.1) is 0 Å². The van der Waals surface area contributed by atoms with Crippen molar-refractivity contribution in [2.45, 2.75) is 12.8 Å². The third-order valence-electron chi connectivity index (χ3n) is 2.69. The summed E-state index contributed by atoms with van der Waals surface area (Å²) in [6.07, 6.45) is 5.92. The molecule has 66 valence electrons. The van der Waals surface area contributed by atoms with E-state index in [2.05, 4.69) is 52.4 Å². The Labute approximate surface area is 87.6 Å². The van der Waals surface area contributed by atoms with E-state index in [-0.39, 0.29) is 0 Å². The average Bonchev–Trinajstić information content (AvgIpc) is 2.55. The number of hydrogen-bond donors (Lipinski definition) is 0. The summed E-state index contributed by atoms with van der Waals surface area (Å²) in [5, 5.41) is 1.66. The normalized spacial score (nSPS) is 23.8. The van der Waals surface area contributed by atoms with Gasteiger partial charge in [0.2, 0.25) is 0 Å². The molecule has 1 fully saturated rings. The Bertz CT molecular complexity index is 252. The average molecular weight is 292 g/mol. The van der Waals surface area contributed by atoms with E-state index >= 15 is 0 Å². The summed E-state index contributed by atoms with van der Waals surface area (Å²) in [5.41, 5.74) is 0. The Morgan fingerprint density at radius 1 is 1.00 bits per heavy atom. The molecule has 1 aliphatic heterocycles. The molecule has 0 bridgehead atoms. The van der Waals surface area contributed by atoms with E-state index in [0.29, 0.717) is 0 Å². The van der Waals surface area contributed by atoms with Crippen LogP contribution in [0.5, 0.6) is 0 Å². The van der Waals surface area contributed by atoms with Gasteiger partial charge in [0.1, 0.15) is 0 Å². The quantitative estimate of drug-likeness (QED) is 0.551. The van der Waals surface area contributed by atoms with Gasteiger partial charge in [0, 0.05) is 0 Å². The zero-order chi connectivity index (χ0) is 8.44. The van der Waals surface area contributed by atoms with E-state index in [1.54, 1.807) is 5.30 Å². The predicted octanol–water partition coefficient (Wildman–Crippen LogP) is 3.21. The van der Waals surface area contributed by atoms with Gasteiger partial charge in [0.25, 0.3) is 0 Å². The summed E-state index contributed by atoms with van der Waals surface area (Å²) in [6, 6.07) is 11.1. The predicted molar refractivity (Wildman–Crippen MR) is 67.4 cm³/mol. The second kappa shape index (κ2) is 3.63. The van der Waals surface area contributed by atoms with Crippen LogP contribution in [0.15, 0.2) is 30.3 Å². The van der Waals surface area contributed by atoms with Crippen LogP contribution in [-0.2, 0) is 0 Å². The summed E-state index contributed by atoms with van der Waals surface area (Å²) in [7, 11) is 0. The second-order valence-corrected chi connectivity index (χ2v) is 13.2. The Morgan fingerprint density at radius 2 is 1.58 bits per heavy atom. The van der Waals surface area contributed by atoms with Gasteiger partial charge in [-0.05, 0) is 0 Å². The van der Waals surface area contributed by atoms with Crippen LogP contribution in [0.3, 0.4) is 0 Å². The summed E-state index contributed by atoms with van der Waals surface area (Å²) < 4.78 is 0. The monoisotopic (exact) mass is 292 g/mol. The van der Waals surface area contributed by atoms with E-state index < -0.39 is 4.90 Å². The molecule has 2 heteroatoms. The fraction of sp³-hybridized carbons (Fsp3) is 0.400. The maximum absolute atomic E-state index is 2.77. The minimum atomic E-state index is -0.992. The van der Waals surface area contributed by atoms with Gasteiger partial charge < -0.3 is 0 Å². The molecule has 1 aromatic carbocycles. The molecule has 0 N–H and O–H groups in total. The molecule has 0 unspecified atom stereocenters. The van der Waals surface area contributed by atoms with Gasteiger partial charge in [0.15, 0.2) is 0 Å². The Hall–Kier alpha value is 0.380. The minimum absolute atomic E-state index is 0.992. The molecule has 1 aliphatic rings. The van der Waals surface area contributed by atoms with Crippen molar-refractivity contribution < 1.29 is 0 Å². The number of rotatable bonds is 1. The SMILES string of the molecule is I[PH]1(c2ccccc2)CCCC1. The first kappa shape index (κ1) is 8.96. The fourth-order valence-corrected chi connectivity index (χ4v) is 8.57. The summed E-state index contributed by atoms with van der Waals surface area (Å²) in [4.78, 5) is -0.992. The van der Waals surface area contributed by atoms with Crippen LogP contribution >= 0.6 is 26.9 Å². The van der Waals surface area contributed by atoms with Crippen LogP contribution in [-0.4, -0.2) is 12.3 Å². The molecule has 0 amide bonds. The molecule has 1 heterocycles. The topological polar surface area (TPSA) is 0 Å². The molecule has 1 aromatic rings. The maximum atomic E-state index is 2.77. The van der Waals surface area contributed by atoms with Crippen LogP contribution in [0.1, 0.15) is 12.8 Å². The van der Waals surface area contributed by atoms with Gasteiger partial charge >= 0.3 is 87.7 Å². The molecule has 0 saturated carbocycles. The molecule has 0 aromatic heterocycles. The summed E-state index contributed by atoms with van der Waals surface area (Å²) >= 11 is 2.77. The van der Waals surface area contributed by atoms with Crippen molar-refractivity contribution in [1.82, 2.24) is 0 Å². The number of benzene rings is 1.